The summed E-state index contributed by atoms with van der Waals surface area (Å²) in [5.41, 5.74) is 5.60. The second-order valence-electron chi connectivity index (χ2n) is 5.71. The van der Waals surface area contributed by atoms with Gasteiger partial charge < -0.3 is 5.73 Å². The van der Waals surface area contributed by atoms with Gasteiger partial charge in [-0.3, -0.25) is 4.90 Å². The maximum Gasteiger partial charge on any atom is 0.218 e. The summed E-state index contributed by atoms with van der Waals surface area (Å²) in [5, 5.41) is -0.410. The first-order chi connectivity index (χ1) is 9.09. The van der Waals surface area contributed by atoms with E-state index in [0.717, 1.165) is 19.5 Å². The fourth-order valence-corrected chi connectivity index (χ4v) is 5.06. The average molecular weight is 289 g/mol. The van der Waals surface area contributed by atoms with Crippen molar-refractivity contribution in [2.24, 2.45) is 5.73 Å². The van der Waals surface area contributed by atoms with Crippen molar-refractivity contribution in [2.45, 2.75) is 50.3 Å². The molecule has 5 nitrogen and oxygen atoms in total. The minimum Gasteiger partial charge on any atom is -0.329 e. The highest BCUT2D eigenvalue weighted by atomic mass is 32.2. The lowest BCUT2D eigenvalue weighted by Gasteiger charge is -2.32. The lowest BCUT2D eigenvalue weighted by molar-refractivity contribution is 0.169. The van der Waals surface area contributed by atoms with Crippen LogP contribution in [0.1, 0.15) is 39.0 Å². The summed E-state index contributed by atoms with van der Waals surface area (Å²) in [6.45, 7) is 5.72. The van der Waals surface area contributed by atoms with Crippen LogP contribution >= 0.6 is 0 Å². The van der Waals surface area contributed by atoms with Gasteiger partial charge in [0.2, 0.25) is 10.0 Å². The number of hydrogen-bond acceptors (Lipinski definition) is 4. The van der Waals surface area contributed by atoms with E-state index in [-0.39, 0.29) is 6.54 Å². The summed E-state index contributed by atoms with van der Waals surface area (Å²) in [6.07, 6.45) is 5.40. The molecule has 2 fully saturated rings. The summed E-state index contributed by atoms with van der Waals surface area (Å²) in [7, 11) is -3.19. The Hall–Kier alpha value is -0.170. The van der Waals surface area contributed by atoms with Crippen LogP contribution in [-0.2, 0) is 10.0 Å². The van der Waals surface area contributed by atoms with Gasteiger partial charge in [-0.2, -0.15) is 0 Å². The molecule has 2 unspecified atom stereocenters. The maximum atomic E-state index is 12.5. The van der Waals surface area contributed by atoms with Gasteiger partial charge in [0.1, 0.15) is 0 Å². The van der Waals surface area contributed by atoms with E-state index in [2.05, 4.69) is 4.90 Å². The van der Waals surface area contributed by atoms with Gasteiger partial charge in [0.25, 0.3) is 0 Å². The number of rotatable bonds is 5. The second-order valence-corrected chi connectivity index (χ2v) is 7.92. The van der Waals surface area contributed by atoms with Crippen molar-refractivity contribution in [3.63, 3.8) is 0 Å². The number of piperidine rings is 1. The van der Waals surface area contributed by atoms with Crippen LogP contribution in [0.15, 0.2) is 0 Å². The van der Waals surface area contributed by atoms with Gasteiger partial charge >= 0.3 is 0 Å². The minimum absolute atomic E-state index is 0.226. The largest absolute Gasteiger partial charge is 0.329 e. The number of hydrogen-bond donors (Lipinski definition) is 1. The highest BCUT2D eigenvalue weighted by Crippen LogP contribution is 2.24. The van der Waals surface area contributed by atoms with Crippen LogP contribution in [0.3, 0.4) is 0 Å². The minimum atomic E-state index is -3.19. The van der Waals surface area contributed by atoms with E-state index in [1.165, 1.54) is 19.3 Å². The first kappa shape index (κ1) is 15.2. The molecule has 19 heavy (non-hydrogen) atoms. The van der Waals surface area contributed by atoms with E-state index < -0.39 is 15.3 Å². The molecule has 2 atom stereocenters. The number of sulfonamides is 1. The van der Waals surface area contributed by atoms with Crippen LogP contribution in [0.5, 0.6) is 0 Å². The van der Waals surface area contributed by atoms with Crippen molar-refractivity contribution in [3.8, 4) is 0 Å². The SMILES string of the molecule is CCC(CN)S(=O)(=O)N1CCC(N2CCCCC2)C1. The van der Waals surface area contributed by atoms with E-state index >= 15 is 0 Å². The molecule has 0 spiro atoms. The van der Waals surface area contributed by atoms with Crippen LogP contribution < -0.4 is 5.73 Å². The fourth-order valence-electron chi connectivity index (χ4n) is 3.23. The fraction of sp³-hybridized carbons (Fsp3) is 1.00. The van der Waals surface area contributed by atoms with E-state index in [0.29, 0.717) is 25.6 Å². The third kappa shape index (κ3) is 3.29. The first-order valence-electron chi connectivity index (χ1n) is 7.52. The van der Waals surface area contributed by atoms with Gasteiger partial charge in [-0.25, -0.2) is 12.7 Å². The van der Waals surface area contributed by atoms with Crippen LogP contribution in [-0.4, -0.2) is 61.6 Å². The summed E-state index contributed by atoms with van der Waals surface area (Å²) in [4.78, 5) is 2.47. The monoisotopic (exact) mass is 289 g/mol. The molecule has 0 saturated carbocycles. The predicted octanol–water partition coefficient (Wildman–Crippen LogP) is 0.614. The summed E-state index contributed by atoms with van der Waals surface area (Å²) in [5.74, 6) is 0. The van der Waals surface area contributed by atoms with Gasteiger partial charge in [0, 0.05) is 25.7 Å². The third-order valence-electron chi connectivity index (χ3n) is 4.53. The number of likely N-dealkylation sites (tertiary alicyclic amines) is 1. The molecule has 6 heteroatoms. The van der Waals surface area contributed by atoms with Gasteiger partial charge in [0.15, 0.2) is 0 Å². The molecule has 0 aromatic carbocycles. The lowest BCUT2D eigenvalue weighted by Crippen LogP contribution is -2.44. The van der Waals surface area contributed by atoms with E-state index in [9.17, 15) is 8.42 Å². The van der Waals surface area contributed by atoms with Crippen LogP contribution in [0, 0.1) is 0 Å². The Morgan fingerprint density at radius 3 is 2.47 bits per heavy atom. The molecule has 0 aromatic heterocycles. The van der Waals surface area contributed by atoms with E-state index in [1.807, 2.05) is 6.92 Å². The zero-order valence-electron chi connectivity index (χ0n) is 11.9. The van der Waals surface area contributed by atoms with E-state index in [4.69, 9.17) is 5.73 Å². The standard InChI is InChI=1S/C13H27N3O2S/c1-2-13(10-14)19(17,18)16-9-6-12(11-16)15-7-4-3-5-8-15/h12-13H,2-11,14H2,1H3. The summed E-state index contributed by atoms with van der Waals surface area (Å²) < 4.78 is 26.6. The van der Waals surface area contributed by atoms with Crippen LogP contribution in [0.4, 0.5) is 0 Å². The molecule has 0 aromatic rings. The Morgan fingerprint density at radius 1 is 1.21 bits per heavy atom. The molecule has 2 N–H and O–H groups in total. The van der Waals surface area contributed by atoms with Gasteiger partial charge in [0.05, 0.1) is 5.25 Å². The molecular weight excluding hydrogens is 262 g/mol. The molecule has 0 bridgehead atoms. The Labute approximate surface area is 117 Å². The zero-order chi connectivity index (χ0) is 13.9. The molecular formula is C13H27N3O2S. The topological polar surface area (TPSA) is 66.6 Å². The van der Waals surface area contributed by atoms with Gasteiger partial charge in [-0.05, 0) is 38.8 Å². The van der Waals surface area contributed by atoms with E-state index in [1.54, 1.807) is 4.31 Å². The molecule has 0 aliphatic carbocycles. The smallest absolute Gasteiger partial charge is 0.218 e. The van der Waals surface area contributed by atoms with Crippen molar-refractivity contribution in [3.05, 3.63) is 0 Å². The summed E-state index contributed by atoms with van der Waals surface area (Å²) in [6, 6.07) is 0.422. The average Bonchev–Trinajstić information content (AvgIpc) is 2.91. The quantitative estimate of drug-likeness (QED) is 0.805. The van der Waals surface area contributed by atoms with Gasteiger partial charge in [-0.15, -0.1) is 0 Å². The number of nitrogens with zero attached hydrogens (tertiary/aromatic N) is 2. The van der Waals surface area contributed by atoms with Crippen molar-refractivity contribution >= 4 is 10.0 Å². The molecule has 2 heterocycles. The normalized spacial score (nSPS) is 28.6. The molecule has 2 aliphatic rings. The Kier molecular flexibility index (Phi) is 5.22. The molecule has 2 saturated heterocycles. The van der Waals surface area contributed by atoms with Gasteiger partial charge in [-0.1, -0.05) is 13.3 Å². The zero-order valence-corrected chi connectivity index (χ0v) is 12.7. The second kappa shape index (κ2) is 6.52. The van der Waals surface area contributed by atoms with Crippen LogP contribution in [0.2, 0.25) is 0 Å². The first-order valence-corrected chi connectivity index (χ1v) is 9.03. The van der Waals surface area contributed by atoms with Crippen molar-refractivity contribution in [2.75, 3.05) is 32.7 Å². The molecule has 0 amide bonds. The highest BCUT2D eigenvalue weighted by Gasteiger charge is 2.37. The Morgan fingerprint density at radius 2 is 1.89 bits per heavy atom. The van der Waals surface area contributed by atoms with Crippen molar-refractivity contribution in [1.82, 2.24) is 9.21 Å². The Bertz CT molecular complexity index is 375. The molecule has 0 radical (unpaired) electrons. The predicted molar refractivity (Wildman–Crippen MR) is 77.5 cm³/mol. The maximum absolute atomic E-state index is 12.5. The van der Waals surface area contributed by atoms with Crippen molar-refractivity contribution in [1.29, 1.82) is 0 Å². The highest BCUT2D eigenvalue weighted by molar-refractivity contribution is 7.89. The molecule has 2 aliphatic heterocycles. The molecule has 2 rings (SSSR count). The number of nitrogens with two attached hydrogens (primary N) is 1. The Balaban J connectivity index is 1.97. The van der Waals surface area contributed by atoms with Crippen LogP contribution in [0.25, 0.3) is 0 Å². The lowest BCUT2D eigenvalue weighted by atomic mass is 10.1. The third-order valence-corrected chi connectivity index (χ3v) is 6.95. The molecule has 112 valence electrons. The van der Waals surface area contributed by atoms with Crippen molar-refractivity contribution < 1.29 is 8.42 Å². The summed E-state index contributed by atoms with van der Waals surface area (Å²) >= 11 is 0.